The molecule has 6 nitrogen and oxygen atoms in total. The zero-order chi connectivity index (χ0) is 17.9. The molecule has 1 aromatic rings. The van der Waals surface area contributed by atoms with E-state index in [2.05, 4.69) is 6.58 Å². The molecule has 7 heteroatoms. The van der Waals surface area contributed by atoms with Gasteiger partial charge in [0.05, 0.1) is 19.1 Å². The summed E-state index contributed by atoms with van der Waals surface area (Å²) in [6, 6.07) is 6.34. The molecule has 0 saturated carbocycles. The van der Waals surface area contributed by atoms with Gasteiger partial charge in [0.1, 0.15) is 0 Å². The minimum absolute atomic E-state index is 0.0113. The molecular formula is C17H17ClO6. The second-order valence-electron chi connectivity index (χ2n) is 5.08. The summed E-state index contributed by atoms with van der Waals surface area (Å²) in [7, 11) is 0. The van der Waals surface area contributed by atoms with Gasteiger partial charge in [-0.25, -0.2) is 14.4 Å². The number of carbonyl (C=O) groups excluding carboxylic acids is 3. The average Bonchev–Trinajstić information content (AvgIpc) is 2.82. The summed E-state index contributed by atoms with van der Waals surface area (Å²) in [6.45, 7) is 6.86. The van der Waals surface area contributed by atoms with E-state index in [9.17, 15) is 14.4 Å². The third-order valence-electron chi connectivity index (χ3n) is 3.63. The van der Waals surface area contributed by atoms with Crippen LogP contribution >= 0.6 is 11.6 Å². The van der Waals surface area contributed by atoms with E-state index in [0.29, 0.717) is 10.6 Å². The lowest BCUT2D eigenvalue weighted by Crippen LogP contribution is -2.52. The number of esters is 3. The molecule has 24 heavy (non-hydrogen) atoms. The van der Waals surface area contributed by atoms with Gasteiger partial charge in [-0.15, -0.1) is 0 Å². The van der Waals surface area contributed by atoms with E-state index in [1.807, 2.05) is 0 Å². The van der Waals surface area contributed by atoms with Gasteiger partial charge in [0.15, 0.2) is 0 Å². The summed E-state index contributed by atoms with van der Waals surface area (Å²) in [5.41, 5.74) is -1.80. The van der Waals surface area contributed by atoms with Gasteiger partial charge in [0, 0.05) is 10.6 Å². The van der Waals surface area contributed by atoms with E-state index in [1.165, 1.54) is 0 Å². The lowest BCUT2D eigenvalue weighted by molar-refractivity contribution is -0.190. The first kappa shape index (κ1) is 18.0. The Morgan fingerprint density at radius 2 is 1.67 bits per heavy atom. The summed E-state index contributed by atoms with van der Waals surface area (Å²) in [5, 5.41) is 0.465. The minimum Gasteiger partial charge on any atom is -0.463 e. The van der Waals surface area contributed by atoms with Gasteiger partial charge in [-0.05, 0) is 31.5 Å². The number of rotatable bonds is 5. The van der Waals surface area contributed by atoms with Crippen LogP contribution in [0.1, 0.15) is 25.3 Å². The number of ether oxygens (including phenoxy) is 3. The van der Waals surface area contributed by atoms with Gasteiger partial charge < -0.3 is 14.2 Å². The summed E-state index contributed by atoms with van der Waals surface area (Å²) < 4.78 is 15.1. The number of benzene rings is 1. The number of hydrogen-bond donors (Lipinski definition) is 0. The highest BCUT2D eigenvalue weighted by Gasteiger charge is 2.65. The molecule has 1 fully saturated rings. The van der Waals surface area contributed by atoms with Crippen molar-refractivity contribution in [2.75, 3.05) is 13.2 Å². The second kappa shape index (κ2) is 7.05. The van der Waals surface area contributed by atoms with Crippen molar-refractivity contribution in [2.45, 2.75) is 25.4 Å². The van der Waals surface area contributed by atoms with Crippen LogP contribution in [0.15, 0.2) is 36.4 Å². The van der Waals surface area contributed by atoms with E-state index in [4.69, 9.17) is 25.8 Å². The summed E-state index contributed by atoms with van der Waals surface area (Å²) in [4.78, 5) is 37.2. The predicted molar refractivity (Wildman–Crippen MR) is 85.4 cm³/mol. The van der Waals surface area contributed by atoms with Gasteiger partial charge in [-0.3, -0.25) is 0 Å². The molecule has 0 radical (unpaired) electrons. The molecular weight excluding hydrogens is 336 g/mol. The molecule has 0 spiro atoms. The number of cyclic esters (lactones) is 1. The van der Waals surface area contributed by atoms with Gasteiger partial charge >= 0.3 is 23.5 Å². The van der Waals surface area contributed by atoms with E-state index in [1.54, 1.807) is 38.1 Å². The van der Waals surface area contributed by atoms with Crippen LogP contribution in [0.25, 0.3) is 0 Å². The minimum atomic E-state index is -2.24. The van der Waals surface area contributed by atoms with Crippen LogP contribution < -0.4 is 0 Å². The molecule has 1 aliphatic heterocycles. The summed E-state index contributed by atoms with van der Waals surface area (Å²) >= 11 is 5.88. The quantitative estimate of drug-likeness (QED) is 0.350. The van der Waals surface area contributed by atoms with Crippen molar-refractivity contribution in [1.82, 2.24) is 0 Å². The molecule has 0 bridgehead atoms. The lowest BCUT2D eigenvalue weighted by atomic mass is 9.79. The Morgan fingerprint density at radius 3 is 2.12 bits per heavy atom. The molecule has 2 rings (SSSR count). The van der Waals surface area contributed by atoms with Gasteiger partial charge in [0.2, 0.25) is 0 Å². The maximum Gasteiger partial charge on any atom is 0.363 e. The van der Waals surface area contributed by atoms with Crippen molar-refractivity contribution in [3.63, 3.8) is 0 Å². The Morgan fingerprint density at radius 1 is 1.17 bits per heavy atom. The summed E-state index contributed by atoms with van der Waals surface area (Å²) in [5.74, 6) is -3.89. The van der Waals surface area contributed by atoms with Crippen molar-refractivity contribution >= 4 is 29.5 Å². The van der Waals surface area contributed by atoms with Crippen molar-refractivity contribution in [3.8, 4) is 0 Å². The summed E-state index contributed by atoms with van der Waals surface area (Å²) in [6.07, 6.45) is 0. The molecule has 1 atom stereocenters. The topological polar surface area (TPSA) is 78.9 Å². The highest BCUT2D eigenvalue weighted by atomic mass is 35.5. The molecule has 1 aromatic carbocycles. The first-order valence-corrected chi connectivity index (χ1v) is 7.78. The van der Waals surface area contributed by atoms with Gasteiger partial charge in [-0.2, -0.15) is 0 Å². The normalized spacial score (nSPS) is 18.9. The largest absolute Gasteiger partial charge is 0.463 e. The molecule has 0 aromatic heterocycles. The molecule has 0 unspecified atom stereocenters. The Balaban J connectivity index is 2.62. The Hall–Kier alpha value is -2.34. The molecule has 0 amide bonds. The van der Waals surface area contributed by atoms with E-state index < -0.39 is 29.4 Å². The Labute approximate surface area is 144 Å². The standard InChI is InChI=1S/C17H17ClO6/c1-4-22-15(20)17(16(21)23-5-2)13(10(3)14(19)24-17)11-6-8-12(18)9-7-11/h6-9,13H,3-5H2,1-2H3/t13-/m0/s1. The maximum atomic E-state index is 12.6. The monoisotopic (exact) mass is 352 g/mol. The second-order valence-corrected chi connectivity index (χ2v) is 5.51. The Kier molecular flexibility index (Phi) is 5.29. The highest BCUT2D eigenvalue weighted by Crippen LogP contribution is 2.45. The lowest BCUT2D eigenvalue weighted by Gasteiger charge is -2.28. The smallest absolute Gasteiger partial charge is 0.363 e. The van der Waals surface area contributed by atoms with Crippen LogP contribution in [0.4, 0.5) is 0 Å². The van der Waals surface area contributed by atoms with Crippen LogP contribution in [0.5, 0.6) is 0 Å². The molecule has 128 valence electrons. The fraction of sp³-hybridized carbons (Fsp3) is 0.353. The van der Waals surface area contributed by atoms with E-state index >= 15 is 0 Å². The van der Waals surface area contributed by atoms with Crippen LogP contribution in [0, 0.1) is 0 Å². The van der Waals surface area contributed by atoms with Crippen LogP contribution in [0.2, 0.25) is 5.02 Å². The Bertz CT molecular complexity index is 661. The number of carbonyl (C=O) groups is 3. The highest BCUT2D eigenvalue weighted by molar-refractivity contribution is 6.30. The third-order valence-corrected chi connectivity index (χ3v) is 3.88. The third kappa shape index (κ3) is 2.89. The molecule has 0 N–H and O–H groups in total. The molecule has 1 saturated heterocycles. The van der Waals surface area contributed by atoms with Crippen molar-refractivity contribution in [3.05, 3.63) is 47.0 Å². The molecule has 1 heterocycles. The number of halogens is 1. The van der Waals surface area contributed by atoms with E-state index in [0.717, 1.165) is 0 Å². The van der Waals surface area contributed by atoms with Crippen LogP contribution in [-0.2, 0) is 28.6 Å². The zero-order valence-electron chi connectivity index (χ0n) is 13.3. The zero-order valence-corrected chi connectivity index (χ0v) is 14.1. The fourth-order valence-electron chi connectivity index (χ4n) is 2.60. The fourth-order valence-corrected chi connectivity index (χ4v) is 2.73. The predicted octanol–water partition coefficient (Wildman–Crippen LogP) is 2.40. The van der Waals surface area contributed by atoms with Crippen LogP contribution in [0.3, 0.4) is 0 Å². The molecule has 0 aliphatic carbocycles. The first-order valence-electron chi connectivity index (χ1n) is 7.40. The first-order chi connectivity index (χ1) is 11.4. The molecule has 1 aliphatic rings. The van der Waals surface area contributed by atoms with Crippen molar-refractivity contribution < 1.29 is 28.6 Å². The maximum absolute atomic E-state index is 12.6. The van der Waals surface area contributed by atoms with Crippen LogP contribution in [-0.4, -0.2) is 36.7 Å². The number of hydrogen-bond acceptors (Lipinski definition) is 6. The van der Waals surface area contributed by atoms with Gasteiger partial charge in [0.25, 0.3) is 0 Å². The van der Waals surface area contributed by atoms with E-state index in [-0.39, 0.29) is 18.8 Å². The average molecular weight is 353 g/mol. The van der Waals surface area contributed by atoms with Crippen molar-refractivity contribution in [2.24, 2.45) is 0 Å². The van der Waals surface area contributed by atoms with Gasteiger partial charge in [-0.1, -0.05) is 30.3 Å². The SMILES string of the molecule is C=C1C(=O)OC(C(=O)OCC)(C(=O)OCC)[C@@H]1c1ccc(Cl)cc1. The van der Waals surface area contributed by atoms with Crippen molar-refractivity contribution in [1.29, 1.82) is 0 Å².